The second kappa shape index (κ2) is 8.29. The quantitative estimate of drug-likeness (QED) is 0.428. The number of epoxide rings is 1. The minimum Gasteiger partial charge on any atom is -0.464 e. The molecule has 8 heteroatoms. The van der Waals surface area contributed by atoms with Crippen LogP contribution in [-0.4, -0.2) is 74.2 Å². The van der Waals surface area contributed by atoms with Crippen LogP contribution in [0.3, 0.4) is 0 Å². The maximum atomic E-state index is 12.6. The molecule has 2 aliphatic rings. The highest BCUT2D eigenvalue weighted by Gasteiger charge is 2.51. The first-order valence-electron chi connectivity index (χ1n) is 8.66. The lowest BCUT2D eigenvalue weighted by Gasteiger charge is -2.27. The zero-order chi connectivity index (χ0) is 18.5. The molecule has 2 saturated heterocycles. The number of benzene rings is 1. The number of hydrogen-bond acceptors (Lipinski definition) is 7. The predicted octanol–water partition coefficient (Wildman–Crippen LogP) is 0.471. The number of Topliss-reactive ketones (excluding diaryl/α,β-unsaturated/α-hetero) is 1. The fourth-order valence-corrected chi connectivity index (χ4v) is 2.82. The van der Waals surface area contributed by atoms with Crippen LogP contribution in [0.25, 0.3) is 0 Å². The van der Waals surface area contributed by atoms with Crippen molar-refractivity contribution in [3.05, 3.63) is 29.8 Å². The Balaban J connectivity index is 1.60. The topological polar surface area (TPSA) is 97.5 Å². The third-order valence-corrected chi connectivity index (χ3v) is 4.26. The van der Waals surface area contributed by atoms with Crippen LogP contribution >= 0.6 is 0 Å². The van der Waals surface area contributed by atoms with Gasteiger partial charge in [0.15, 0.2) is 18.0 Å². The Kier molecular flexibility index (Phi) is 5.85. The Morgan fingerprint density at radius 2 is 1.92 bits per heavy atom. The number of amides is 1. The van der Waals surface area contributed by atoms with Gasteiger partial charge in [-0.2, -0.15) is 0 Å². The van der Waals surface area contributed by atoms with Gasteiger partial charge in [-0.25, -0.2) is 4.79 Å². The molecule has 2 aliphatic heterocycles. The molecule has 3 rings (SSSR count). The molecule has 0 saturated carbocycles. The zero-order valence-electron chi connectivity index (χ0n) is 14.6. The number of ketones is 1. The molecule has 8 nitrogen and oxygen atoms in total. The number of nitrogens with one attached hydrogen (secondary N) is 1. The molecule has 2 heterocycles. The molecule has 0 radical (unpaired) electrons. The van der Waals surface area contributed by atoms with Crippen LogP contribution in [0.15, 0.2) is 24.3 Å². The van der Waals surface area contributed by atoms with Crippen LogP contribution in [0.5, 0.6) is 0 Å². The molecular formula is C18H22N2O6. The summed E-state index contributed by atoms with van der Waals surface area (Å²) in [5.74, 6) is -0.883. The van der Waals surface area contributed by atoms with Gasteiger partial charge in [-0.1, -0.05) is 12.1 Å². The van der Waals surface area contributed by atoms with Crippen molar-refractivity contribution in [1.29, 1.82) is 0 Å². The summed E-state index contributed by atoms with van der Waals surface area (Å²) in [6.45, 7) is 4.22. The number of rotatable bonds is 7. The summed E-state index contributed by atoms with van der Waals surface area (Å²) in [6, 6.07) is 6.87. The smallest absolute Gasteiger partial charge is 0.338 e. The minimum atomic E-state index is -0.842. The second-order valence-electron chi connectivity index (χ2n) is 5.99. The van der Waals surface area contributed by atoms with Gasteiger partial charge < -0.3 is 24.4 Å². The Bertz CT molecular complexity index is 686. The summed E-state index contributed by atoms with van der Waals surface area (Å²) in [4.78, 5) is 38.2. The third kappa shape index (κ3) is 4.20. The molecule has 0 aliphatic carbocycles. The van der Waals surface area contributed by atoms with E-state index in [9.17, 15) is 14.4 Å². The van der Waals surface area contributed by atoms with Crippen LogP contribution in [0.4, 0.5) is 5.69 Å². The van der Waals surface area contributed by atoms with Crippen molar-refractivity contribution in [2.45, 2.75) is 19.1 Å². The number of morpholine rings is 1. The third-order valence-electron chi connectivity index (χ3n) is 4.26. The molecule has 140 valence electrons. The van der Waals surface area contributed by atoms with Crippen molar-refractivity contribution in [3.8, 4) is 0 Å². The number of carbonyl (C=O) groups excluding carboxylic acids is 3. The summed E-state index contributed by atoms with van der Waals surface area (Å²) in [5, 5.41) is 3.02. The largest absolute Gasteiger partial charge is 0.464 e. The van der Waals surface area contributed by atoms with Crippen LogP contribution < -0.4 is 5.32 Å². The van der Waals surface area contributed by atoms with Gasteiger partial charge in [-0.15, -0.1) is 0 Å². The number of hydrogen-bond donors (Lipinski definition) is 1. The van der Waals surface area contributed by atoms with Crippen molar-refractivity contribution < 1.29 is 28.6 Å². The maximum Gasteiger partial charge on any atom is 0.338 e. The second-order valence-corrected chi connectivity index (χ2v) is 5.99. The zero-order valence-corrected chi connectivity index (χ0v) is 14.6. The van der Waals surface area contributed by atoms with E-state index in [1.165, 1.54) is 0 Å². The van der Waals surface area contributed by atoms with Crippen LogP contribution in [0, 0.1) is 0 Å². The molecular weight excluding hydrogens is 340 g/mol. The van der Waals surface area contributed by atoms with Crippen molar-refractivity contribution in [2.75, 3.05) is 44.8 Å². The van der Waals surface area contributed by atoms with Gasteiger partial charge in [0.2, 0.25) is 5.91 Å². The fourth-order valence-electron chi connectivity index (χ4n) is 2.82. The van der Waals surface area contributed by atoms with Gasteiger partial charge in [0.05, 0.1) is 26.4 Å². The van der Waals surface area contributed by atoms with E-state index in [4.69, 9.17) is 14.2 Å². The number of anilines is 1. The van der Waals surface area contributed by atoms with Crippen LogP contribution in [0.2, 0.25) is 0 Å². The lowest BCUT2D eigenvalue weighted by atomic mass is 10.0. The number of esters is 1. The molecule has 1 aromatic rings. The fraction of sp³-hybridized carbons (Fsp3) is 0.500. The van der Waals surface area contributed by atoms with Crippen LogP contribution in [-0.2, 0) is 23.8 Å². The average Bonchev–Trinajstić information content (AvgIpc) is 3.48. The summed E-state index contributed by atoms with van der Waals surface area (Å²) in [7, 11) is 0. The SMILES string of the molecule is CCOC(=O)[C@H]1O[C@@H]1C(=O)c1ccccc1NCC(=O)N1CCOCC1. The highest BCUT2D eigenvalue weighted by atomic mass is 16.6. The lowest BCUT2D eigenvalue weighted by Crippen LogP contribution is -2.43. The number of para-hydroxylation sites is 1. The molecule has 1 amide bonds. The van der Waals surface area contributed by atoms with E-state index in [1.54, 1.807) is 36.1 Å². The number of ether oxygens (including phenoxy) is 3. The van der Waals surface area contributed by atoms with Gasteiger partial charge in [-0.05, 0) is 19.1 Å². The number of nitrogens with zero attached hydrogens (tertiary/aromatic N) is 1. The molecule has 2 fully saturated rings. The summed E-state index contributed by atoms with van der Waals surface area (Å²) in [6.07, 6.45) is -1.67. The van der Waals surface area contributed by atoms with E-state index < -0.39 is 18.2 Å². The Morgan fingerprint density at radius 1 is 1.19 bits per heavy atom. The summed E-state index contributed by atoms with van der Waals surface area (Å²) >= 11 is 0. The van der Waals surface area contributed by atoms with Gasteiger partial charge in [0.1, 0.15) is 0 Å². The number of carbonyl (C=O) groups is 3. The normalized spacial score (nSPS) is 21.8. The molecule has 0 unspecified atom stereocenters. The molecule has 2 atom stereocenters. The minimum absolute atomic E-state index is 0.0531. The van der Waals surface area contributed by atoms with Gasteiger partial charge in [0.25, 0.3) is 0 Å². The molecule has 0 aromatic heterocycles. The predicted molar refractivity (Wildman–Crippen MR) is 92.0 cm³/mol. The standard InChI is InChI=1S/C18H22N2O6/c1-2-25-18(23)17-16(26-17)15(22)12-5-3-4-6-13(12)19-11-14(21)20-7-9-24-10-8-20/h3-6,16-17,19H,2,7-11H2,1H3/t16-,17+/m1/s1. The first-order chi connectivity index (χ1) is 12.6. The van der Waals surface area contributed by atoms with E-state index >= 15 is 0 Å². The van der Waals surface area contributed by atoms with E-state index in [2.05, 4.69) is 5.32 Å². The molecule has 0 bridgehead atoms. The Hall–Kier alpha value is -2.45. The molecule has 26 heavy (non-hydrogen) atoms. The monoisotopic (exact) mass is 362 g/mol. The van der Waals surface area contributed by atoms with Gasteiger partial charge in [-0.3, -0.25) is 9.59 Å². The van der Waals surface area contributed by atoms with Crippen molar-refractivity contribution in [3.63, 3.8) is 0 Å². The lowest BCUT2D eigenvalue weighted by molar-refractivity contribution is -0.144. The van der Waals surface area contributed by atoms with E-state index in [0.29, 0.717) is 37.6 Å². The first kappa shape index (κ1) is 18.3. The maximum absolute atomic E-state index is 12.6. The molecule has 1 aromatic carbocycles. The molecule has 1 N–H and O–H groups in total. The van der Waals surface area contributed by atoms with Gasteiger partial charge >= 0.3 is 5.97 Å². The van der Waals surface area contributed by atoms with E-state index in [1.807, 2.05) is 0 Å². The van der Waals surface area contributed by atoms with Crippen LogP contribution in [0.1, 0.15) is 17.3 Å². The highest BCUT2D eigenvalue weighted by Crippen LogP contribution is 2.29. The van der Waals surface area contributed by atoms with E-state index in [0.717, 1.165) is 0 Å². The van der Waals surface area contributed by atoms with Gasteiger partial charge in [0, 0.05) is 24.3 Å². The highest BCUT2D eigenvalue weighted by molar-refractivity contribution is 6.08. The Labute approximate surface area is 151 Å². The first-order valence-corrected chi connectivity index (χ1v) is 8.66. The van der Waals surface area contributed by atoms with Crippen molar-refractivity contribution in [1.82, 2.24) is 4.90 Å². The Morgan fingerprint density at radius 3 is 2.65 bits per heavy atom. The average molecular weight is 362 g/mol. The molecule has 0 spiro atoms. The van der Waals surface area contributed by atoms with E-state index in [-0.39, 0.29) is 24.8 Å². The van der Waals surface area contributed by atoms with Crippen molar-refractivity contribution >= 4 is 23.3 Å². The summed E-state index contributed by atoms with van der Waals surface area (Å²) < 4.78 is 15.3. The summed E-state index contributed by atoms with van der Waals surface area (Å²) in [5.41, 5.74) is 0.927. The van der Waals surface area contributed by atoms with Crippen molar-refractivity contribution in [2.24, 2.45) is 0 Å².